The Balaban J connectivity index is 1.13. The lowest BCUT2D eigenvalue weighted by Crippen LogP contribution is -2.41. The Hall–Kier alpha value is -7.36. The van der Waals surface area contributed by atoms with Crippen LogP contribution in [-0.2, 0) is 16.2 Å². The summed E-state index contributed by atoms with van der Waals surface area (Å²) in [6, 6.07) is 72.4. The number of aryl methyl sites for hydroxylation is 1. The van der Waals surface area contributed by atoms with Crippen LogP contribution in [0.2, 0.25) is 0 Å². The molecule has 0 atom stereocenters. The molecule has 9 aromatic carbocycles. The highest BCUT2D eigenvalue weighted by molar-refractivity contribution is 6.73. The van der Waals surface area contributed by atoms with Crippen LogP contribution in [-0.4, -0.2) is 7.28 Å². The topological polar surface area (TPSA) is 15.3 Å². The average molecular weight is 890 g/mol. The molecule has 1 N–H and O–H groups in total. The molecule has 0 saturated heterocycles. The Labute approximate surface area is 410 Å². The van der Waals surface area contributed by atoms with Gasteiger partial charge >= 0.3 is 0 Å². The number of hydrogen-bond acceptors (Lipinski definition) is 2. The summed E-state index contributed by atoms with van der Waals surface area (Å²) in [5.41, 5.74) is 27.2. The lowest BCUT2D eigenvalue weighted by atomic mass is 9.57. The first kappa shape index (κ1) is 43.0. The van der Waals surface area contributed by atoms with Gasteiger partial charge in [-0.05, 0) is 162 Å². The first-order valence-electron chi connectivity index (χ1n) is 24.8. The van der Waals surface area contributed by atoms with Crippen molar-refractivity contribution in [3.63, 3.8) is 0 Å². The zero-order valence-corrected chi connectivity index (χ0v) is 40.9. The highest BCUT2D eigenvalue weighted by Gasteiger charge is 2.40. The van der Waals surface area contributed by atoms with E-state index in [4.69, 9.17) is 0 Å². The van der Waals surface area contributed by atoms with Gasteiger partial charge in [0, 0.05) is 39.4 Å². The van der Waals surface area contributed by atoms with Crippen LogP contribution in [0.15, 0.2) is 194 Å². The van der Waals surface area contributed by atoms with Gasteiger partial charge in [-0.2, -0.15) is 0 Å². The van der Waals surface area contributed by atoms with Crippen LogP contribution in [0.25, 0.3) is 55.6 Å². The van der Waals surface area contributed by atoms with E-state index in [0.29, 0.717) is 0 Å². The molecule has 0 bridgehead atoms. The van der Waals surface area contributed by atoms with Crippen LogP contribution in [0.4, 0.5) is 28.4 Å². The molecular weight excluding hydrogens is 832 g/mol. The average Bonchev–Trinajstić information content (AvgIpc) is 3.59. The summed E-state index contributed by atoms with van der Waals surface area (Å²) in [6.45, 7) is 16.8. The van der Waals surface area contributed by atoms with Gasteiger partial charge in [0.2, 0.25) is 0 Å². The quantitative estimate of drug-likeness (QED) is 0.160. The summed E-state index contributed by atoms with van der Waals surface area (Å²) in [5, 5.41) is 4.04. The van der Waals surface area contributed by atoms with Crippen LogP contribution < -0.4 is 21.1 Å². The molecule has 69 heavy (non-hydrogen) atoms. The molecule has 0 fully saturated rings. The van der Waals surface area contributed by atoms with E-state index in [1.807, 2.05) is 0 Å². The molecule has 9 aromatic rings. The fourth-order valence-electron chi connectivity index (χ4n) is 11.8. The zero-order valence-electron chi connectivity index (χ0n) is 40.9. The normalized spacial score (nSPS) is 15.5. The van der Waals surface area contributed by atoms with Gasteiger partial charge in [-0.1, -0.05) is 193 Å². The Bertz CT molecular complexity index is 3460. The monoisotopic (exact) mass is 889 g/mol. The van der Waals surface area contributed by atoms with E-state index in [2.05, 4.69) is 260 Å². The number of rotatable bonds is 7. The minimum Gasteiger partial charge on any atom is -0.355 e. The highest BCUT2D eigenvalue weighted by atomic mass is 15.2. The van der Waals surface area contributed by atoms with E-state index in [1.54, 1.807) is 0 Å². The van der Waals surface area contributed by atoms with E-state index in [-0.39, 0.29) is 16.2 Å². The molecule has 335 valence electrons. The molecule has 2 nitrogen and oxygen atoms in total. The maximum Gasteiger partial charge on any atom is 0.197 e. The second-order valence-corrected chi connectivity index (χ2v) is 21.6. The van der Waals surface area contributed by atoms with Crippen molar-refractivity contribution in [2.45, 2.75) is 77.6 Å². The molecule has 3 aliphatic rings. The van der Waals surface area contributed by atoms with Crippen LogP contribution in [0.3, 0.4) is 0 Å². The minimum atomic E-state index is -0.175. The lowest BCUT2D eigenvalue weighted by molar-refractivity contribution is 0.332. The largest absolute Gasteiger partial charge is 0.355 e. The zero-order chi connectivity index (χ0) is 47.2. The summed E-state index contributed by atoms with van der Waals surface area (Å²) in [7, 11) is 2.47. The molecule has 1 radical (unpaired) electrons. The van der Waals surface area contributed by atoms with E-state index in [1.165, 1.54) is 118 Å². The van der Waals surface area contributed by atoms with Crippen LogP contribution in [0, 0.1) is 6.92 Å². The fraction of sp³-hybridized carbons (Fsp3) is 0.182. The minimum absolute atomic E-state index is 0.0451. The summed E-state index contributed by atoms with van der Waals surface area (Å²) in [5.74, 6) is 0. The van der Waals surface area contributed by atoms with Crippen molar-refractivity contribution in [1.82, 2.24) is 0 Å². The van der Waals surface area contributed by atoms with Crippen molar-refractivity contribution >= 4 is 46.6 Å². The van der Waals surface area contributed by atoms with Gasteiger partial charge in [0.15, 0.2) is 7.28 Å². The van der Waals surface area contributed by atoms with Crippen molar-refractivity contribution in [2.75, 3.05) is 10.2 Å². The molecule has 2 aliphatic carbocycles. The first-order valence-corrected chi connectivity index (χ1v) is 24.8. The standard InChI is InChI=1S/C66H58BN2/c1-42-35-56-57(65(4,5)34-33-64(56,2)3)41-61(42)69-60-32-29-47(44-21-13-9-14-22-44)37-58(60)67-63-53(36-48(38-62(63)69)45-23-15-10-16-24-45)52-39-51-50-25-17-18-26-54(50)66(6,7)55(51)40-59(52)68-49-30-27-46(28-31-49)43-19-11-8-12-20-43/h8-32,35-41,68H,33-34H2,1-7H3. The Morgan fingerprint density at radius 3 is 1.64 bits per heavy atom. The maximum absolute atomic E-state index is 4.04. The third kappa shape index (κ3) is 7.25. The summed E-state index contributed by atoms with van der Waals surface area (Å²) >= 11 is 0. The van der Waals surface area contributed by atoms with Crippen molar-refractivity contribution < 1.29 is 0 Å². The van der Waals surface area contributed by atoms with Crippen molar-refractivity contribution in [3.8, 4) is 55.6 Å². The van der Waals surface area contributed by atoms with Gasteiger partial charge in [0.25, 0.3) is 0 Å². The SMILES string of the molecule is Cc1cc2c(cc1N1c3ccc(-c4ccccc4)cc3[B]c3c(-c4cc5c(cc4Nc4ccc(-c6ccccc6)cc4)C(C)(C)c4ccccc4-5)cc(-c4ccccc4)cc31)C(C)(C)CCC2(C)C. The number of hydrogen-bond donors (Lipinski definition) is 1. The molecule has 1 heterocycles. The Morgan fingerprint density at radius 2 is 0.971 bits per heavy atom. The summed E-state index contributed by atoms with van der Waals surface area (Å²) < 4.78 is 0. The van der Waals surface area contributed by atoms with E-state index >= 15 is 0 Å². The number of benzene rings is 9. The third-order valence-corrected chi connectivity index (χ3v) is 15.9. The second-order valence-electron chi connectivity index (χ2n) is 21.6. The first-order chi connectivity index (χ1) is 33.3. The van der Waals surface area contributed by atoms with Gasteiger partial charge in [-0.3, -0.25) is 0 Å². The molecule has 0 unspecified atom stereocenters. The van der Waals surface area contributed by atoms with Crippen LogP contribution in [0.1, 0.15) is 82.2 Å². The predicted octanol–water partition coefficient (Wildman–Crippen LogP) is 16.5. The van der Waals surface area contributed by atoms with Gasteiger partial charge in [-0.25, -0.2) is 0 Å². The molecule has 0 amide bonds. The highest BCUT2D eigenvalue weighted by Crippen LogP contribution is 2.54. The van der Waals surface area contributed by atoms with Crippen LogP contribution in [0.5, 0.6) is 0 Å². The molecule has 12 rings (SSSR count). The van der Waals surface area contributed by atoms with E-state index in [0.717, 1.165) is 17.8 Å². The third-order valence-electron chi connectivity index (χ3n) is 15.9. The Kier molecular flexibility index (Phi) is 10.0. The van der Waals surface area contributed by atoms with Gasteiger partial charge in [0.05, 0.1) is 0 Å². The molecule has 0 saturated carbocycles. The van der Waals surface area contributed by atoms with Gasteiger partial charge in [-0.15, -0.1) is 0 Å². The predicted molar refractivity (Wildman–Crippen MR) is 295 cm³/mol. The number of nitrogens with zero attached hydrogens (tertiary/aromatic N) is 1. The summed E-state index contributed by atoms with van der Waals surface area (Å²) in [6.07, 6.45) is 2.33. The van der Waals surface area contributed by atoms with Gasteiger partial charge in [0.1, 0.15) is 0 Å². The number of anilines is 5. The second kappa shape index (κ2) is 16.1. The molecule has 0 spiro atoms. The molecular formula is C66H58BN2. The van der Waals surface area contributed by atoms with Crippen molar-refractivity contribution in [3.05, 3.63) is 222 Å². The van der Waals surface area contributed by atoms with E-state index in [9.17, 15) is 0 Å². The fourth-order valence-corrected chi connectivity index (χ4v) is 11.8. The van der Waals surface area contributed by atoms with E-state index < -0.39 is 0 Å². The lowest BCUT2D eigenvalue weighted by Gasteiger charge is -2.44. The number of nitrogens with one attached hydrogen (secondary N) is 1. The smallest absolute Gasteiger partial charge is 0.197 e. The Morgan fingerprint density at radius 1 is 0.406 bits per heavy atom. The van der Waals surface area contributed by atoms with Crippen molar-refractivity contribution in [2.24, 2.45) is 0 Å². The maximum atomic E-state index is 4.04. The number of fused-ring (bicyclic) bond motifs is 6. The van der Waals surface area contributed by atoms with Crippen molar-refractivity contribution in [1.29, 1.82) is 0 Å². The molecule has 3 heteroatoms. The van der Waals surface area contributed by atoms with Crippen LogP contribution >= 0.6 is 0 Å². The summed E-state index contributed by atoms with van der Waals surface area (Å²) in [4.78, 5) is 2.60. The molecule has 1 aliphatic heterocycles. The van der Waals surface area contributed by atoms with Gasteiger partial charge < -0.3 is 10.2 Å². The molecule has 0 aromatic heterocycles.